The number of hydrogen-bond donors (Lipinski definition) is 1. The van der Waals surface area contributed by atoms with Crippen LogP contribution in [0.5, 0.6) is 0 Å². The largest absolute Gasteiger partial charge is 0.481 e. The molecule has 0 radical (unpaired) electrons. The average Bonchev–Trinajstić information content (AvgIpc) is 2.83. The number of likely N-dealkylation sites (tertiary alicyclic amines) is 1. The summed E-state index contributed by atoms with van der Waals surface area (Å²) in [7, 11) is 0. The summed E-state index contributed by atoms with van der Waals surface area (Å²) in [6.45, 7) is 4.55. The minimum Gasteiger partial charge on any atom is -0.481 e. The number of benzene rings is 2. The highest BCUT2D eigenvalue weighted by Gasteiger charge is 2.53. The smallest absolute Gasteiger partial charge is 0.304 e. The lowest BCUT2D eigenvalue weighted by Crippen LogP contribution is -2.59. The molecular formula is C28H33Cl2NO4. The molecule has 4 rings (SSSR count). The molecule has 1 amide bonds. The van der Waals surface area contributed by atoms with E-state index in [9.17, 15) is 14.7 Å². The number of ether oxygens (including phenoxy) is 1. The van der Waals surface area contributed by atoms with Crippen LogP contribution >= 0.6 is 23.2 Å². The Hall–Kier alpha value is -2.08. The van der Waals surface area contributed by atoms with E-state index in [1.807, 2.05) is 53.4 Å². The minimum absolute atomic E-state index is 0.0836. The van der Waals surface area contributed by atoms with Gasteiger partial charge in [0.2, 0.25) is 5.91 Å². The number of carboxylic acid groups (broad SMARTS) is 1. The molecule has 0 aromatic heterocycles. The third kappa shape index (κ3) is 5.52. The van der Waals surface area contributed by atoms with E-state index in [1.165, 1.54) is 0 Å². The standard InChI is InChI=1S/C28H33Cl2NO4/c1-3-23(24-9-4-5-14-35-24)31-26(18-10-12-20(29)13-11-18)22(19-7-6-8-21(30)15-19)16-28(2,27(31)34)17-25(32)33/h6-8,10-13,15,22-24,26H,3-5,9,14,16-17H2,1-2H3,(H,32,33)/t22?,23-,24?,26+,28+/m0/s1. The summed E-state index contributed by atoms with van der Waals surface area (Å²) in [6, 6.07) is 14.9. The maximum atomic E-state index is 14.3. The van der Waals surface area contributed by atoms with Gasteiger partial charge in [-0.3, -0.25) is 9.59 Å². The third-order valence-electron chi connectivity index (χ3n) is 7.55. The van der Waals surface area contributed by atoms with E-state index in [1.54, 1.807) is 6.92 Å². The maximum Gasteiger partial charge on any atom is 0.304 e. The van der Waals surface area contributed by atoms with Crippen LogP contribution in [0, 0.1) is 5.41 Å². The van der Waals surface area contributed by atoms with Gasteiger partial charge in [-0.15, -0.1) is 0 Å². The molecule has 2 aromatic carbocycles. The zero-order valence-electron chi connectivity index (χ0n) is 20.3. The number of halogens is 2. The van der Waals surface area contributed by atoms with Crippen molar-refractivity contribution in [2.24, 2.45) is 5.41 Å². The summed E-state index contributed by atoms with van der Waals surface area (Å²) in [6.07, 6.45) is 3.76. The highest BCUT2D eigenvalue weighted by atomic mass is 35.5. The summed E-state index contributed by atoms with van der Waals surface area (Å²) in [5.74, 6) is -1.24. The van der Waals surface area contributed by atoms with Crippen molar-refractivity contribution in [3.8, 4) is 0 Å². The maximum absolute atomic E-state index is 14.3. The minimum atomic E-state index is -1.05. The first-order valence-corrected chi connectivity index (χ1v) is 13.2. The van der Waals surface area contributed by atoms with E-state index in [0.29, 0.717) is 29.5 Å². The Balaban J connectivity index is 1.89. The van der Waals surface area contributed by atoms with Crippen molar-refractivity contribution in [2.45, 2.75) is 76.5 Å². The second kappa shape index (κ2) is 10.9. The Morgan fingerprint density at radius 3 is 2.49 bits per heavy atom. The molecule has 2 fully saturated rings. The summed E-state index contributed by atoms with van der Waals surface area (Å²) in [5.41, 5.74) is 0.912. The van der Waals surface area contributed by atoms with Crippen LogP contribution in [0.3, 0.4) is 0 Å². The van der Waals surface area contributed by atoms with Gasteiger partial charge in [-0.2, -0.15) is 0 Å². The Morgan fingerprint density at radius 2 is 1.89 bits per heavy atom. The van der Waals surface area contributed by atoms with Gasteiger partial charge in [-0.1, -0.05) is 61.3 Å². The number of carbonyl (C=O) groups excluding carboxylic acids is 1. The first-order valence-electron chi connectivity index (χ1n) is 12.4. The molecular weight excluding hydrogens is 485 g/mol. The Labute approximate surface area is 217 Å². The number of rotatable bonds is 7. The molecule has 2 saturated heterocycles. The van der Waals surface area contributed by atoms with Crippen molar-refractivity contribution in [3.05, 3.63) is 69.7 Å². The third-order valence-corrected chi connectivity index (χ3v) is 8.04. The second-order valence-corrected chi connectivity index (χ2v) is 11.0. The molecule has 188 valence electrons. The SMILES string of the molecule is CC[C@@H](C1CCCCO1)N1C(=O)[C@@](C)(CC(=O)O)CC(c2cccc(Cl)c2)[C@H]1c1ccc(Cl)cc1. The number of carboxylic acids is 1. The van der Waals surface area contributed by atoms with Gasteiger partial charge in [0.05, 0.1) is 30.0 Å². The molecule has 0 spiro atoms. The predicted molar refractivity (Wildman–Crippen MR) is 138 cm³/mol. The van der Waals surface area contributed by atoms with E-state index >= 15 is 0 Å². The Bertz CT molecular complexity index is 1050. The normalized spacial score (nSPS) is 28.1. The second-order valence-electron chi connectivity index (χ2n) is 10.1. The highest BCUT2D eigenvalue weighted by Crippen LogP contribution is 2.52. The van der Waals surface area contributed by atoms with Gasteiger partial charge >= 0.3 is 5.97 Å². The lowest BCUT2D eigenvalue weighted by atomic mass is 9.66. The van der Waals surface area contributed by atoms with E-state index in [-0.39, 0.29) is 36.4 Å². The van der Waals surface area contributed by atoms with Gasteiger partial charge in [0.15, 0.2) is 0 Å². The number of hydrogen-bond acceptors (Lipinski definition) is 3. The topological polar surface area (TPSA) is 66.8 Å². The average molecular weight is 518 g/mol. The number of carbonyl (C=O) groups is 2. The van der Waals surface area contributed by atoms with Gasteiger partial charge in [-0.25, -0.2) is 0 Å². The van der Waals surface area contributed by atoms with Crippen molar-refractivity contribution in [1.29, 1.82) is 0 Å². The summed E-state index contributed by atoms with van der Waals surface area (Å²) < 4.78 is 6.19. The fourth-order valence-electron chi connectivity index (χ4n) is 5.95. The van der Waals surface area contributed by atoms with Gasteiger partial charge in [0.1, 0.15) is 0 Å². The van der Waals surface area contributed by atoms with E-state index in [0.717, 1.165) is 30.4 Å². The zero-order valence-corrected chi connectivity index (χ0v) is 21.8. The van der Waals surface area contributed by atoms with Gasteiger partial charge in [-0.05, 0) is 67.5 Å². The lowest BCUT2D eigenvalue weighted by molar-refractivity contribution is -0.166. The molecule has 0 saturated carbocycles. The van der Waals surface area contributed by atoms with Gasteiger partial charge in [0, 0.05) is 22.6 Å². The number of piperidine rings is 1. The van der Waals surface area contributed by atoms with Crippen molar-refractivity contribution in [3.63, 3.8) is 0 Å². The van der Waals surface area contributed by atoms with Crippen molar-refractivity contribution in [2.75, 3.05) is 6.61 Å². The van der Waals surface area contributed by atoms with Gasteiger partial charge in [0.25, 0.3) is 0 Å². The van der Waals surface area contributed by atoms with Gasteiger partial charge < -0.3 is 14.7 Å². The molecule has 2 aliphatic heterocycles. The molecule has 2 aromatic rings. The molecule has 35 heavy (non-hydrogen) atoms. The number of aliphatic carboxylic acids is 1. The van der Waals surface area contributed by atoms with Crippen LogP contribution in [0.2, 0.25) is 10.0 Å². The Kier molecular flexibility index (Phi) is 8.09. The van der Waals surface area contributed by atoms with Crippen LogP contribution in [0.4, 0.5) is 0 Å². The number of nitrogens with zero attached hydrogens (tertiary/aromatic N) is 1. The van der Waals surface area contributed by atoms with E-state index in [2.05, 4.69) is 6.92 Å². The van der Waals surface area contributed by atoms with E-state index in [4.69, 9.17) is 27.9 Å². The summed E-state index contributed by atoms with van der Waals surface area (Å²) >= 11 is 12.6. The molecule has 0 bridgehead atoms. The van der Waals surface area contributed by atoms with E-state index < -0.39 is 11.4 Å². The monoisotopic (exact) mass is 517 g/mol. The molecule has 1 N–H and O–H groups in total. The molecule has 5 nitrogen and oxygen atoms in total. The van der Waals surface area contributed by atoms with Crippen LogP contribution in [0.15, 0.2) is 48.5 Å². The highest BCUT2D eigenvalue weighted by molar-refractivity contribution is 6.30. The van der Waals surface area contributed by atoms with Crippen molar-refractivity contribution < 1.29 is 19.4 Å². The lowest BCUT2D eigenvalue weighted by Gasteiger charge is -2.53. The van der Waals surface area contributed by atoms with Crippen LogP contribution in [0.1, 0.15) is 75.5 Å². The zero-order chi connectivity index (χ0) is 25.2. The fourth-order valence-corrected chi connectivity index (χ4v) is 6.28. The van der Waals surface area contributed by atoms with Crippen LogP contribution in [-0.2, 0) is 14.3 Å². The molecule has 0 aliphatic carbocycles. The molecule has 2 unspecified atom stereocenters. The summed E-state index contributed by atoms with van der Waals surface area (Å²) in [5, 5.41) is 11.0. The molecule has 2 heterocycles. The first-order chi connectivity index (χ1) is 16.7. The first kappa shape index (κ1) is 26.0. The number of amides is 1. The quantitative estimate of drug-likeness (QED) is 0.434. The van der Waals surface area contributed by atoms with Crippen molar-refractivity contribution in [1.82, 2.24) is 4.90 Å². The van der Waals surface area contributed by atoms with Crippen LogP contribution in [0.25, 0.3) is 0 Å². The fraction of sp³-hybridized carbons (Fsp3) is 0.500. The molecule has 7 heteroatoms. The molecule has 2 aliphatic rings. The van der Waals surface area contributed by atoms with Crippen LogP contribution < -0.4 is 0 Å². The van der Waals surface area contributed by atoms with Crippen LogP contribution in [-0.4, -0.2) is 40.6 Å². The van der Waals surface area contributed by atoms with Crippen molar-refractivity contribution >= 4 is 35.1 Å². The molecule has 5 atom stereocenters. The predicted octanol–water partition coefficient (Wildman–Crippen LogP) is 6.88. The summed E-state index contributed by atoms with van der Waals surface area (Å²) in [4.78, 5) is 28.2. The Morgan fingerprint density at radius 1 is 1.14 bits per heavy atom.